The van der Waals surface area contributed by atoms with Gasteiger partial charge in [-0.1, -0.05) is 0 Å². The Labute approximate surface area is 119 Å². The maximum atomic E-state index is 11.9. The number of carbonyl (C=O) groups excluding carboxylic acids is 2. The first-order valence-corrected chi connectivity index (χ1v) is 7.84. The molecule has 2 N–H and O–H groups in total. The number of carbonyl (C=O) groups is 2. The summed E-state index contributed by atoms with van der Waals surface area (Å²) in [5.74, 6) is -0.561. The first-order chi connectivity index (χ1) is 8.97. The minimum Gasteiger partial charge on any atom is -0.460 e. The molecule has 0 bridgehead atoms. The molecule has 1 rings (SSSR count). The maximum Gasteiger partial charge on any atom is 0.333 e. The zero-order chi connectivity index (χ0) is 15.6. The molecule has 116 valence electrons. The number of hydrogen-bond donors (Lipinski definition) is 1. The predicted octanol–water partition coefficient (Wildman–Crippen LogP) is 0.676. The van der Waals surface area contributed by atoms with Crippen molar-refractivity contribution in [1.29, 1.82) is 0 Å². The molecule has 0 heterocycles. The summed E-state index contributed by atoms with van der Waals surface area (Å²) in [5.41, 5.74) is -1.86. The van der Waals surface area contributed by atoms with E-state index in [0.717, 1.165) is 0 Å². The molecule has 8 heteroatoms. The lowest BCUT2D eigenvalue weighted by Gasteiger charge is -2.29. The Kier molecular flexibility index (Phi) is 4.94. The third-order valence-electron chi connectivity index (χ3n) is 3.13. The van der Waals surface area contributed by atoms with E-state index >= 15 is 0 Å². The molecule has 1 aliphatic carbocycles. The molecule has 0 amide bonds. The van der Waals surface area contributed by atoms with E-state index in [9.17, 15) is 18.0 Å². The Hall–Kier alpha value is -0.990. The number of aldehydes is 1. The second-order valence-corrected chi connectivity index (χ2v) is 7.26. The van der Waals surface area contributed by atoms with Gasteiger partial charge in [0.15, 0.2) is 0 Å². The van der Waals surface area contributed by atoms with Gasteiger partial charge in [-0.15, -0.1) is 0 Å². The van der Waals surface area contributed by atoms with E-state index in [0.29, 0.717) is 25.5 Å². The molecular weight excluding hydrogens is 286 g/mol. The quantitative estimate of drug-likeness (QED) is 0.590. The maximum absolute atomic E-state index is 11.9. The SMILES string of the molecule is CC(C)(C)OC(=O)C[C@]1(C=O)CCC[C@@H]1OS(N)(=O)=O. The van der Waals surface area contributed by atoms with Crippen molar-refractivity contribution < 1.29 is 26.9 Å². The lowest BCUT2D eigenvalue weighted by molar-refractivity contribution is -0.160. The molecule has 0 saturated heterocycles. The first-order valence-electron chi connectivity index (χ1n) is 6.37. The molecule has 1 aliphatic rings. The van der Waals surface area contributed by atoms with Crippen LogP contribution in [0, 0.1) is 5.41 Å². The van der Waals surface area contributed by atoms with Crippen molar-refractivity contribution in [2.45, 2.75) is 58.2 Å². The average molecular weight is 307 g/mol. The summed E-state index contributed by atoms with van der Waals surface area (Å²) in [6, 6.07) is 0. The van der Waals surface area contributed by atoms with Gasteiger partial charge in [-0.05, 0) is 40.0 Å². The van der Waals surface area contributed by atoms with Crippen LogP contribution in [0.15, 0.2) is 0 Å². The van der Waals surface area contributed by atoms with Gasteiger partial charge < -0.3 is 9.53 Å². The van der Waals surface area contributed by atoms with Crippen molar-refractivity contribution in [3.8, 4) is 0 Å². The molecule has 20 heavy (non-hydrogen) atoms. The fraction of sp³-hybridized carbons (Fsp3) is 0.833. The van der Waals surface area contributed by atoms with Crippen molar-refractivity contribution in [2.24, 2.45) is 10.6 Å². The Morgan fingerprint density at radius 2 is 2.05 bits per heavy atom. The Morgan fingerprint density at radius 3 is 2.50 bits per heavy atom. The largest absolute Gasteiger partial charge is 0.460 e. The Bertz CT molecular complexity index is 481. The minimum atomic E-state index is -4.17. The van der Waals surface area contributed by atoms with Gasteiger partial charge in [-0.2, -0.15) is 8.42 Å². The normalized spacial score (nSPS) is 27.3. The van der Waals surface area contributed by atoms with Crippen LogP contribution in [0.2, 0.25) is 0 Å². The van der Waals surface area contributed by atoms with Crippen LogP contribution in [0.25, 0.3) is 0 Å². The number of nitrogens with two attached hydrogens (primary N) is 1. The fourth-order valence-electron chi connectivity index (χ4n) is 2.40. The molecule has 0 aromatic carbocycles. The van der Waals surface area contributed by atoms with Crippen molar-refractivity contribution in [3.05, 3.63) is 0 Å². The van der Waals surface area contributed by atoms with Gasteiger partial charge in [-0.25, -0.2) is 5.14 Å². The van der Waals surface area contributed by atoms with E-state index in [-0.39, 0.29) is 6.42 Å². The molecule has 0 aromatic rings. The van der Waals surface area contributed by atoms with Crippen LogP contribution in [-0.2, 0) is 28.8 Å². The van der Waals surface area contributed by atoms with Crippen LogP contribution in [0.4, 0.5) is 0 Å². The van der Waals surface area contributed by atoms with Gasteiger partial charge in [0, 0.05) is 0 Å². The second kappa shape index (κ2) is 5.79. The Balaban J connectivity index is 2.85. The van der Waals surface area contributed by atoms with E-state index in [1.165, 1.54) is 0 Å². The molecule has 7 nitrogen and oxygen atoms in total. The zero-order valence-electron chi connectivity index (χ0n) is 11.9. The van der Waals surface area contributed by atoms with Gasteiger partial charge in [0.2, 0.25) is 0 Å². The first kappa shape index (κ1) is 17.1. The molecule has 1 saturated carbocycles. The van der Waals surface area contributed by atoms with Gasteiger partial charge in [0.05, 0.1) is 17.9 Å². The van der Waals surface area contributed by atoms with Crippen LogP contribution in [0.3, 0.4) is 0 Å². The Morgan fingerprint density at radius 1 is 1.45 bits per heavy atom. The average Bonchev–Trinajstić information content (AvgIpc) is 2.56. The summed E-state index contributed by atoms with van der Waals surface area (Å²) < 4.78 is 32.0. The zero-order valence-corrected chi connectivity index (χ0v) is 12.7. The molecule has 0 radical (unpaired) electrons. The van der Waals surface area contributed by atoms with Crippen LogP contribution in [0.1, 0.15) is 46.5 Å². The summed E-state index contributed by atoms with van der Waals surface area (Å²) in [6.45, 7) is 5.14. The van der Waals surface area contributed by atoms with Gasteiger partial charge >= 0.3 is 16.3 Å². The van der Waals surface area contributed by atoms with E-state index in [1.54, 1.807) is 20.8 Å². The van der Waals surface area contributed by atoms with Crippen molar-refractivity contribution in [1.82, 2.24) is 0 Å². The van der Waals surface area contributed by atoms with Crippen LogP contribution >= 0.6 is 0 Å². The van der Waals surface area contributed by atoms with E-state index in [1.807, 2.05) is 0 Å². The molecule has 2 atom stereocenters. The summed E-state index contributed by atoms with van der Waals surface area (Å²) in [4.78, 5) is 23.3. The highest BCUT2D eigenvalue weighted by atomic mass is 32.2. The molecule has 0 aromatic heterocycles. The highest BCUT2D eigenvalue weighted by Crippen LogP contribution is 2.42. The number of ether oxygens (including phenoxy) is 1. The summed E-state index contributed by atoms with van der Waals surface area (Å²) in [7, 11) is -4.17. The third-order valence-corrected chi connectivity index (χ3v) is 3.63. The highest BCUT2D eigenvalue weighted by molar-refractivity contribution is 7.84. The molecule has 0 aliphatic heterocycles. The van der Waals surface area contributed by atoms with Crippen molar-refractivity contribution in [3.63, 3.8) is 0 Å². The number of rotatable bonds is 5. The standard InChI is InChI=1S/C12H21NO6S/c1-11(2,3)18-10(15)7-12(8-14)6-4-5-9(12)19-20(13,16)17/h8-9H,4-7H2,1-3H3,(H2,13,16,17)/t9-,12-/m0/s1. The highest BCUT2D eigenvalue weighted by Gasteiger charge is 2.47. The van der Waals surface area contributed by atoms with E-state index < -0.39 is 33.4 Å². The lowest BCUT2D eigenvalue weighted by atomic mass is 9.82. The number of esters is 1. The summed E-state index contributed by atoms with van der Waals surface area (Å²) >= 11 is 0. The predicted molar refractivity (Wildman–Crippen MR) is 70.8 cm³/mol. The van der Waals surface area contributed by atoms with Crippen LogP contribution in [-0.4, -0.2) is 32.4 Å². The van der Waals surface area contributed by atoms with E-state index in [2.05, 4.69) is 0 Å². The van der Waals surface area contributed by atoms with Crippen molar-refractivity contribution >= 4 is 22.6 Å². The molecular formula is C12H21NO6S. The van der Waals surface area contributed by atoms with Gasteiger partial charge in [0.1, 0.15) is 11.9 Å². The molecule has 1 fully saturated rings. The third kappa shape index (κ3) is 4.84. The van der Waals surface area contributed by atoms with E-state index in [4.69, 9.17) is 14.1 Å². The van der Waals surface area contributed by atoms with Crippen molar-refractivity contribution in [2.75, 3.05) is 0 Å². The topological polar surface area (TPSA) is 113 Å². The second-order valence-electron chi connectivity index (χ2n) is 6.08. The smallest absolute Gasteiger partial charge is 0.333 e. The lowest BCUT2D eigenvalue weighted by Crippen LogP contribution is -2.40. The summed E-state index contributed by atoms with van der Waals surface area (Å²) in [6.07, 6.45) is 0.770. The molecule has 0 spiro atoms. The van der Waals surface area contributed by atoms with Gasteiger partial charge in [-0.3, -0.25) is 8.98 Å². The fourth-order valence-corrected chi connectivity index (χ4v) is 3.01. The minimum absolute atomic E-state index is 0.214. The summed E-state index contributed by atoms with van der Waals surface area (Å²) in [5, 5.41) is 4.84. The molecule has 0 unspecified atom stereocenters. The van der Waals surface area contributed by atoms with Gasteiger partial charge in [0.25, 0.3) is 0 Å². The van der Waals surface area contributed by atoms with Crippen LogP contribution in [0.5, 0.6) is 0 Å². The number of hydrogen-bond acceptors (Lipinski definition) is 6. The monoisotopic (exact) mass is 307 g/mol. The van der Waals surface area contributed by atoms with Crippen LogP contribution < -0.4 is 5.14 Å².